The van der Waals surface area contributed by atoms with E-state index in [1.54, 1.807) is 18.2 Å². The fraction of sp³-hybridized carbons (Fsp3) is 0.357. The highest BCUT2D eigenvalue weighted by molar-refractivity contribution is 5.82. The minimum atomic E-state index is -1.33. The third-order valence-corrected chi connectivity index (χ3v) is 3.52. The second-order valence-corrected chi connectivity index (χ2v) is 5.04. The van der Waals surface area contributed by atoms with E-state index in [0.717, 1.165) is 10.9 Å². The molecule has 108 valence electrons. The molecule has 2 aromatic rings. The maximum absolute atomic E-state index is 11.3. The zero-order valence-corrected chi connectivity index (χ0v) is 10.9. The monoisotopic (exact) mass is 280 g/mol. The number of benzene rings is 1. The Labute approximate surface area is 114 Å². The Morgan fingerprint density at radius 2 is 2.05 bits per heavy atom. The average molecular weight is 280 g/mol. The van der Waals surface area contributed by atoms with Crippen molar-refractivity contribution in [2.24, 2.45) is 0 Å². The standard InChI is InChI=1S/C14H14O5.H2O/c1-14(17,7-15)11-6-9-10(18-11)4-2-8-3-5-12(16)19-13(8)9;/h2-5,11,15,17H,6-7H2,1H3;1H2/t11-,14-;/m0./s1. The highest BCUT2D eigenvalue weighted by atomic mass is 16.5. The van der Waals surface area contributed by atoms with Crippen LogP contribution in [0.4, 0.5) is 0 Å². The fourth-order valence-corrected chi connectivity index (χ4v) is 2.30. The van der Waals surface area contributed by atoms with E-state index < -0.39 is 23.9 Å². The maximum atomic E-state index is 11.3. The van der Waals surface area contributed by atoms with Crippen molar-refractivity contribution in [2.45, 2.75) is 25.0 Å². The van der Waals surface area contributed by atoms with Crippen molar-refractivity contribution >= 4 is 11.0 Å². The van der Waals surface area contributed by atoms with Crippen LogP contribution in [-0.2, 0) is 6.42 Å². The summed E-state index contributed by atoms with van der Waals surface area (Å²) in [5, 5.41) is 20.1. The Balaban J connectivity index is 0.00000147. The van der Waals surface area contributed by atoms with Crippen LogP contribution in [0.2, 0.25) is 0 Å². The van der Waals surface area contributed by atoms with Gasteiger partial charge in [0.15, 0.2) is 0 Å². The molecule has 1 aliphatic heterocycles. The van der Waals surface area contributed by atoms with E-state index in [9.17, 15) is 15.0 Å². The molecule has 0 aliphatic carbocycles. The minimum Gasteiger partial charge on any atom is -0.487 e. The quantitative estimate of drug-likeness (QED) is 0.753. The predicted molar refractivity (Wildman–Crippen MR) is 71.9 cm³/mol. The molecule has 0 bridgehead atoms. The zero-order valence-electron chi connectivity index (χ0n) is 10.9. The summed E-state index contributed by atoms with van der Waals surface area (Å²) in [4.78, 5) is 11.3. The van der Waals surface area contributed by atoms with E-state index in [0.29, 0.717) is 17.8 Å². The highest BCUT2D eigenvalue weighted by Crippen LogP contribution is 2.37. The van der Waals surface area contributed by atoms with Crippen LogP contribution < -0.4 is 10.4 Å². The number of fused-ring (bicyclic) bond motifs is 3. The molecule has 2 heterocycles. The highest BCUT2D eigenvalue weighted by Gasteiger charge is 2.39. The first-order chi connectivity index (χ1) is 9.01. The molecule has 1 aromatic carbocycles. The molecule has 6 nitrogen and oxygen atoms in total. The van der Waals surface area contributed by atoms with Crippen molar-refractivity contribution in [2.75, 3.05) is 6.61 Å². The average Bonchev–Trinajstić information content (AvgIpc) is 2.83. The molecular formula is C14H16O6. The lowest BCUT2D eigenvalue weighted by molar-refractivity contribution is -0.0729. The number of aliphatic hydroxyl groups excluding tert-OH is 1. The van der Waals surface area contributed by atoms with Crippen LogP contribution in [0.15, 0.2) is 33.5 Å². The summed E-state index contributed by atoms with van der Waals surface area (Å²) in [7, 11) is 0. The molecule has 0 radical (unpaired) electrons. The molecule has 3 rings (SSSR count). The first-order valence-electron chi connectivity index (χ1n) is 6.07. The normalized spacial score (nSPS) is 19.9. The lowest BCUT2D eigenvalue weighted by atomic mass is 9.95. The summed E-state index contributed by atoms with van der Waals surface area (Å²) >= 11 is 0. The Kier molecular flexibility index (Phi) is 3.56. The number of rotatable bonds is 2. The van der Waals surface area contributed by atoms with Gasteiger partial charge in [0, 0.05) is 23.4 Å². The summed E-state index contributed by atoms with van der Waals surface area (Å²) in [6.45, 7) is 1.12. The predicted octanol–water partition coefficient (Wildman–Crippen LogP) is 0.0151. The van der Waals surface area contributed by atoms with Crippen molar-refractivity contribution in [3.8, 4) is 5.75 Å². The molecule has 1 aromatic heterocycles. The van der Waals surface area contributed by atoms with Gasteiger partial charge in [-0.3, -0.25) is 0 Å². The van der Waals surface area contributed by atoms with Crippen molar-refractivity contribution in [1.82, 2.24) is 0 Å². The van der Waals surface area contributed by atoms with Gasteiger partial charge in [-0.25, -0.2) is 4.79 Å². The largest absolute Gasteiger partial charge is 0.487 e. The third kappa shape index (κ3) is 2.18. The Hall–Kier alpha value is -1.89. The van der Waals surface area contributed by atoms with Crippen LogP contribution >= 0.6 is 0 Å². The van der Waals surface area contributed by atoms with Crippen molar-refractivity contribution in [1.29, 1.82) is 0 Å². The summed E-state index contributed by atoms with van der Waals surface area (Å²) in [5.41, 5.74) is -0.506. The lowest BCUT2D eigenvalue weighted by Crippen LogP contribution is -2.45. The Morgan fingerprint density at radius 3 is 2.75 bits per heavy atom. The van der Waals surface area contributed by atoms with Crippen LogP contribution in [0.25, 0.3) is 11.0 Å². The van der Waals surface area contributed by atoms with Gasteiger partial charge in [0.1, 0.15) is 23.0 Å². The zero-order chi connectivity index (χ0) is 13.6. The van der Waals surface area contributed by atoms with Crippen LogP contribution in [0.3, 0.4) is 0 Å². The maximum Gasteiger partial charge on any atom is 0.336 e. The van der Waals surface area contributed by atoms with Gasteiger partial charge >= 0.3 is 5.63 Å². The summed E-state index contributed by atoms with van der Waals surface area (Å²) in [6, 6.07) is 6.64. The minimum absolute atomic E-state index is 0. The van der Waals surface area contributed by atoms with Gasteiger partial charge in [0.25, 0.3) is 0 Å². The number of hydrogen-bond acceptors (Lipinski definition) is 5. The molecule has 2 atom stereocenters. The van der Waals surface area contributed by atoms with Gasteiger partial charge in [0.2, 0.25) is 0 Å². The first-order valence-corrected chi connectivity index (χ1v) is 6.07. The molecule has 6 heteroatoms. The molecular weight excluding hydrogens is 264 g/mol. The molecule has 1 aliphatic rings. The molecule has 0 unspecified atom stereocenters. The molecule has 4 N–H and O–H groups in total. The lowest BCUT2D eigenvalue weighted by Gasteiger charge is -2.26. The van der Waals surface area contributed by atoms with Crippen molar-refractivity contribution < 1.29 is 24.8 Å². The third-order valence-electron chi connectivity index (χ3n) is 3.52. The van der Waals surface area contributed by atoms with Crippen molar-refractivity contribution in [3.63, 3.8) is 0 Å². The molecule has 0 fully saturated rings. The fourth-order valence-electron chi connectivity index (χ4n) is 2.30. The topological polar surface area (TPSA) is 111 Å². The Bertz CT molecular complexity index is 688. The van der Waals surface area contributed by atoms with E-state index in [-0.39, 0.29) is 5.48 Å². The second-order valence-electron chi connectivity index (χ2n) is 5.04. The number of hydrogen-bond donors (Lipinski definition) is 2. The Morgan fingerprint density at radius 1 is 1.35 bits per heavy atom. The van der Waals surface area contributed by atoms with E-state index in [2.05, 4.69) is 0 Å². The van der Waals surface area contributed by atoms with Gasteiger partial charge in [-0.2, -0.15) is 0 Å². The smallest absolute Gasteiger partial charge is 0.336 e. The number of aliphatic hydroxyl groups is 2. The van der Waals surface area contributed by atoms with E-state index in [1.165, 1.54) is 13.0 Å². The van der Waals surface area contributed by atoms with E-state index in [4.69, 9.17) is 9.15 Å². The number of ether oxygens (including phenoxy) is 1. The summed E-state index contributed by atoms with van der Waals surface area (Å²) in [6.07, 6.45) is -0.156. The van der Waals surface area contributed by atoms with Crippen LogP contribution in [0, 0.1) is 0 Å². The van der Waals surface area contributed by atoms with Crippen LogP contribution in [0.5, 0.6) is 5.75 Å². The van der Waals surface area contributed by atoms with Gasteiger partial charge in [0.05, 0.1) is 6.61 Å². The van der Waals surface area contributed by atoms with Crippen LogP contribution in [-0.4, -0.2) is 34.0 Å². The van der Waals surface area contributed by atoms with Gasteiger partial charge in [-0.15, -0.1) is 0 Å². The summed E-state index contributed by atoms with van der Waals surface area (Å²) < 4.78 is 10.9. The first kappa shape index (κ1) is 14.5. The molecule has 20 heavy (non-hydrogen) atoms. The van der Waals surface area contributed by atoms with Gasteiger partial charge in [-0.05, 0) is 25.1 Å². The molecule has 0 saturated carbocycles. The molecule has 0 spiro atoms. The SMILES string of the molecule is C[C@](O)(CO)[C@@H]1Cc2c(ccc3ccc(=O)oc23)O1.O. The van der Waals surface area contributed by atoms with Crippen LogP contribution in [0.1, 0.15) is 12.5 Å². The molecule has 0 saturated heterocycles. The van der Waals surface area contributed by atoms with E-state index in [1.807, 2.05) is 0 Å². The van der Waals surface area contributed by atoms with Crippen molar-refractivity contribution in [3.05, 3.63) is 40.2 Å². The summed E-state index contributed by atoms with van der Waals surface area (Å²) in [5.74, 6) is 0.584. The van der Waals surface area contributed by atoms with Gasteiger partial charge < -0.3 is 24.8 Å². The molecule has 0 amide bonds. The van der Waals surface area contributed by atoms with Gasteiger partial charge in [-0.1, -0.05) is 0 Å². The second kappa shape index (κ2) is 4.90. The van der Waals surface area contributed by atoms with E-state index >= 15 is 0 Å².